The number of amides is 1. The van der Waals surface area contributed by atoms with E-state index >= 15 is 0 Å². The number of benzene rings is 1. The lowest BCUT2D eigenvalue weighted by Gasteiger charge is -2.10. The van der Waals surface area contributed by atoms with E-state index in [1.165, 1.54) is 0 Å². The quantitative estimate of drug-likeness (QED) is 0.862. The van der Waals surface area contributed by atoms with Gasteiger partial charge in [-0.3, -0.25) is 9.78 Å². The van der Waals surface area contributed by atoms with Gasteiger partial charge in [0.05, 0.1) is 0 Å². The third-order valence-corrected chi connectivity index (χ3v) is 3.33. The third kappa shape index (κ3) is 5.08. The molecular formula is C16H18ClN3O. The van der Waals surface area contributed by atoms with Crippen LogP contribution in [0.4, 0.5) is 5.69 Å². The summed E-state index contributed by atoms with van der Waals surface area (Å²) in [6.07, 6.45) is 3.85. The van der Waals surface area contributed by atoms with Crippen molar-refractivity contribution in [3.63, 3.8) is 0 Å². The average Bonchev–Trinajstić information content (AvgIpc) is 2.48. The molecule has 1 aromatic heterocycles. The molecule has 1 heterocycles. The summed E-state index contributed by atoms with van der Waals surface area (Å²) in [5.41, 5.74) is 3.11. The highest BCUT2D eigenvalue weighted by Crippen LogP contribution is 2.19. The summed E-state index contributed by atoms with van der Waals surface area (Å²) in [6, 6.07) is 9.42. The molecule has 0 aliphatic heterocycles. The van der Waals surface area contributed by atoms with E-state index in [2.05, 4.69) is 15.6 Å². The maximum Gasteiger partial charge on any atom is 0.222 e. The van der Waals surface area contributed by atoms with Crippen LogP contribution in [0.5, 0.6) is 0 Å². The van der Waals surface area contributed by atoms with Crippen LogP contribution in [0.15, 0.2) is 42.7 Å². The molecule has 1 amide bonds. The van der Waals surface area contributed by atoms with Gasteiger partial charge in [0.25, 0.3) is 0 Å². The number of aromatic nitrogens is 1. The van der Waals surface area contributed by atoms with Crippen LogP contribution in [0.25, 0.3) is 0 Å². The zero-order valence-corrected chi connectivity index (χ0v) is 12.7. The van der Waals surface area contributed by atoms with Gasteiger partial charge in [-0.15, -0.1) is 0 Å². The lowest BCUT2D eigenvalue weighted by molar-refractivity contribution is -0.121. The van der Waals surface area contributed by atoms with E-state index in [9.17, 15) is 4.79 Å². The van der Waals surface area contributed by atoms with E-state index in [0.717, 1.165) is 16.8 Å². The average molecular weight is 304 g/mol. The second-order valence-corrected chi connectivity index (χ2v) is 5.20. The lowest BCUT2D eigenvalue weighted by atomic mass is 10.2. The van der Waals surface area contributed by atoms with Crippen molar-refractivity contribution in [2.24, 2.45) is 0 Å². The van der Waals surface area contributed by atoms with Crippen LogP contribution in [0.2, 0.25) is 5.02 Å². The molecule has 0 fully saturated rings. The van der Waals surface area contributed by atoms with Gasteiger partial charge in [-0.1, -0.05) is 11.6 Å². The van der Waals surface area contributed by atoms with Crippen LogP contribution in [0.3, 0.4) is 0 Å². The molecule has 2 N–H and O–H groups in total. The molecule has 0 aliphatic carbocycles. The fraction of sp³-hybridized carbons (Fsp3) is 0.250. The summed E-state index contributed by atoms with van der Waals surface area (Å²) in [5.74, 6) is 0.0194. The van der Waals surface area contributed by atoms with E-state index in [0.29, 0.717) is 24.5 Å². The second-order valence-electron chi connectivity index (χ2n) is 4.77. The Kier molecular flexibility index (Phi) is 5.58. The molecule has 0 atom stereocenters. The maximum atomic E-state index is 11.8. The largest absolute Gasteiger partial charge is 0.384 e. The van der Waals surface area contributed by atoms with E-state index in [-0.39, 0.29) is 5.91 Å². The van der Waals surface area contributed by atoms with E-state index in [1.807, 2.05) is 37.3 Å². The Morgan fingerprint density at radius 2 is 2.00 bits per heavy atom. The van der Waals surface area contributed by atoms with Crippen LogP contribution < -0.4 is 10.6 Å². The van der Waals surface area contributed by atoms with Crippen molar-refractivity contribution in [1.29, 1.82) is 0 Å². The zero-order chi connectivity index (χ0) is 15.1. The summed E-state index contributed by atoms with van der Waals surface area (Å²) < 4.78 is 0. The first-order valence-electron chi connectivity index (χ1n) is 6.81. The van der Waals surface area contributed by atoms with Gasteiger partial charge in [-0.2, -0.15) is 0 Å². The first-order chi connectivity index (χ1) is 10.1. The molecule has 0 spiro atoms. The van der Waals surface area contributed by atoms with Crippen molar-refractivity contribution < 1.29 is 4.79 Å². The Balaban J connectivity index is 1.72. The molecule has 0 unspecified atom stereocenters. The van der Waals surface area contributed by atoms with Gasteiger partial charge in [0.1, 0.15) is 0 Å². The van der Waals surface area contributed by atoms with E-state index in [4.69, 9.17) is 11.6 Å². The highest BCUT2D eigenvalue weighted by molar-refractivity contribution is 6.30. The van der Waals surface area contributed by atoms with Crippen molar-refractivity contribution in [1.82, 2.24) is 10.3 Å². The molecular weight excluding hydrogens is 286 g/mol. The fourth-order valence-corrected chi connectivity index (χ4v) is 2.15. The summed E-state index contributed by atoms with van der Waals surface area (Å²) >= 11 is 5.90. The maximum absolute atomic E-state index is 11.8. The van der Waals surface area contributed by atoms with E-state index < -0.39 is 0 Å². The van der Waals surface area contributed by atoms with Gasteiger partial charge in [0.15, 0.2) is 0 Å². The van der Waals surface area contributed by atoms with Gasteiger partial charge < -0.3 is 10.6 Å². The SMILES string of the molecule is Cc1cc(Cl)ccc1NCCC(=O)NCc1ccncc1. The molecule has 110 valence electrons. The predicted octanol–water partition coefficient (Wildman–Crippen LogP) is 3.16. The normalized spacial score (nSPS) is 10.2. The number of hydrogen-bond donors (Lipinski definition) is 2. The van der Waals surface area contributed by atoms with Crippen LogP contribution in [0.1, 0.15) is 17.5 Å². The molecule has 4 nitrogen and oxygen atoms in total. The fourth-order valence-electron chi connectivity index (χ4n) is 1.93. The molecule has 5 heteroatoms. The molecule has 0 saturated carbocycles. The number of rotatable bonds is 6. The smallest absolute Gasteiger partial charge is 0.222 e. The summed E-state index contributed by atoms with van der Waals surface area (Å²) in [5, 5.41) is 6.84. The minimum Gasteiger partial charge on any atom is -0.384 e. The first kappa shape index (κ1) is 15.3. The standard InChI is InChI=1S/C16H18ClN3O/c1-12-10-14(17)2-3-15(12)19-9-6-16(21)20-11-13-4-7-18-8-5-13/h2-5,7-8,10,19H,6,9,11H2,1H3,(H,20,21). The minimum atomic E-state index is 0.0194. The topological polar surface area (TPSA) is 54.0 Å². The van der Waals surface area contributed by atoms with Crippen molar-refractivity contribution >= 4 is 23.2 Å². The molecule has 0 saturated heterocycles. The highest BCUT2D eigenvalue weighted by Gasteiger charge is 2.03. The monoisotopic (exact) mass is 303 g/mol. The molecule has 0 radical (unpaired) electrons. The Labute approximate surface area is 129 Å². The van der Waals surface area contributed by atoms with Crippen molar-refractivity contribution in [2.45, 2.75) is 19.9 Å². The molecule has 2 aromatic rings. The van der Waals surface area contributed by atoms with Crippen LogP contribution >= 0.6 is 11.6 Å². The number of nitrogens with zero attached hydrogens (tertiary/aromatic N) is 1. The van der Waals surface area contributed by atoms with Crippen LogP contribution in [0, 0.1) is 6.92 Å². The predicted molar refractivity (Wildman–Crippen MR) is 85.4 cm³/mol. The molecule has 0 bridgehead atoms. The second kappa shape index (κ2) is 7.64. The van der Waals surface area contributed by atoms with Crippen LogP contribution in [-0.4, -0.2) is 17.4 Å². The van der Waals surface area contributed by atoms with Gasteiger partial charge in [0, 0.05) is 42.6 Å². The minimum absolute atomic E-state index is 0.0194. The summed E-state index contributed by atoms with van der Waals surface area (Å²) in [4.78, 5) is 15.7. The number of anilines is 1. The van der Waals surface area contributed by atoms with Crippen molar-refractivity contribution in [3.8, 4) is 0 Å². The van der Waals surface area contributed by atoms with E-state index in [1.54, 1.807) is 12.4 Å². The number of pyridine rings is 1. The Bertz CT molecular complexity index is 602. The number of aryl methyl sites for hydroxylation is 1. The summed E-state index contributed by atoms with van der Waals surface area (Å²) in [6.45, 7) is 3.10. The number of nitrogens with one attached hydrogen (secondary N) is 2. The van der Waals surface area contributed by atoms with Gasteiger partial charge >= 0.3 is 0 Å². The number of hydrogen-bond acceptors (Lipinski definition) is 3. The first-order valence-corrected chi connectivity index (χ1v) is 7.18. The molecule has 0 aliphatic rings. The third-order valence-electron chi connectivity index (χ3n) is 3.10. The molecule has 1 aromatic carbocycles. The zero-order valence-electron chi connectivity index (χ0n) is 11.9. The number of carbonyl (C=O) groups is 1. The highest BCUT2D eigenvalue weighted by atomic mass is 35.5. The van der Waals surface area contributed by atoms with Gasteiger partial charge in [-0.25, -0.2) is 0 Å². The van der Waals surface area contributed by atoms with Gasteiger partial charge in [-0.05, 0) is 48.4 Å². The number of carbonyl (C=O) groups excluding carboxylic acids is 1. The van der Waals surface area contributed by atoms with Crippen molar-refractivity contribution in [2.75, 3.05) is 11.9 Å². The molecule has 2 rings (SSSR count). The van der Waals surface area contributed by atoms with Crippen molar-refractivity contribution in [3.05, 3.63) is 58.9 Å². The Morgan fingerprint density at radius 1 is 1.24 bits per heavy atom. The molecule has 21 heavy (non-hydrogen) atoms. The van der Waals surface area contributed by atoms with Gasteiger partial charge in [0.2, 0.25) is 5.91 Å². The number of halogens is 1. The Hall–Kier alpha value is -2.07. The van der Waals surface area contributed by atoms with Crippen LogP contribution in [-0.2, 0) is 11.3 Å². The summed E-state index contributed by atoms with van der Waals surface area (Å²) in [7, 11) is 0. The lowest BCUT2D eigenvalue weighted by Crippen LogP contribution is -2.24. The Morgan fingerprint density at radius 3 is 2.71 bits per heavy atom.